The zero-order valence-corrected chi connectivity index (χ0v) is 23.9. The zero-order chi connectivity index (χ0) is 30.8. The molecule has 1 aliphatic rings. The first kappa shape index (κ1) is 31.5. The van der Waals surface area contributed by atoms with Crippen LogP contribution in [0.4, 0.5) is 10.5 Å². The maximum atomic E-state index is 13.4. The van der Waals surface area contributed by atoms with Crippen LogP contribution in [0, 0.1) is 13.8 Å². The van der Waals surface area contributed by atoms with Gasteiger partial charge in [0.25, 0.3) is 11.8 Å². The van der Waals surface area contributed by atoms with E-state index in [1.165, 1.54) is 13.1 Å². The van der Waals surface area contributed by atoms with Crippen LogP contribution in [-0.4, -0.2) is 77.8 Å². The fraction of sp³-hybridized carbons (Fsp3) is 0.393. The Morgan fingerprint density at radius 2 is 1.95 bits per heavy atom. The Bertz CT molecular complexity index is 1390. The third kappa shape index (κ3) is 8.02. The minimum absolute atomic E-state index is 0.0332. The van der Waals surface area contributed by atoms with Gasteiger partial charge in [0.1, 0.15) is 6.04 Å². The molecule has 1 fully saturated rings. The normalized spacial score (nSPS) is 13.8. The topological polar surface area (TPSA) is 198 Å². The molecule has 0 saturated heterocycles. The van der Waals surface area contributed by atoms with Gasteiger partial charge in [0.05, 0.1) is 23.3 Å². The van der Waals surface area contributed by atoms with Crippen LogP contribution in [0.15, 0.2) is 34.4 Å². The van der Waals surface area contributed by atoms with Crippen LogP contribution in [0.3, 0.4) is 0 Å². The van der Waals surface area contributed by atoms with Gasteiger partial charge in [-0.25, -0.2) is 24.5 Å². The van der Waals surface area contributed by atoms with Crippen molar-refractivity contribution >= 4 is 48.1 Å². The highest BCUT2D eigenvalue weighted by Gasteiger charge is 2.28. The number of nitrogens with zero attached hydrogens (tertiary/aromatic N) is 3. The zero-order valence-electron chi connectivity index (χ0n) is 23.9. The lowest BCUT2D eigenvalue weighted by Crippen LogP contribution is -2.39. The number of nitrogens with one attached hydrogen (secondary N) is 3. The summed E-state index contributed by atoms with van der Waals surface area (Å²) < 4.78 is 9.80. The first-order valence-electron chi connectivity index (χ1n) is 13.4. The molecule has 0 bridgehead atoms. The van der Waals surface area contributed by atoms with Crippen molar-refractivity contribution in [1.82, 2.24) is 20.5 Å². The number of aryl methyl sites for hydroxylation is 1. The number of hydrogen-bond donors (Lipinski definition) is 4. The van der Waals surface area contributed by atoms with Crippen LogP contribution in [-0.2, 0) is 19.1 Å². The van der Waals surface area contributed by atoms with Gasteiger partial charge in [-0.05, 0) is 63.3 Å². The van der Waals surface area contributed by atoms with E-state index in [2.05, 4.69) is 25.6 Å². The predicted molar refractivity (Wildman–Crippen MR) is 154 cm³/mol. The number of hydrogen-bond acceptors (Lipinski definition) is 8. The largest absolute Gasteiger partial charge is 0.426 e. The van der Waals surface area contributed by atoms with Gasteiger partial charge in [0, 0.05) is 24.3 Å². The van der Waals surface area contributed by atoms with Crippen LogP contribution in [0.25, 0.3) is 0 Å². The quantitative estimate of drug-likeness (QED) is 0.0961. The number of imide groups is 1. The molecule has 1 aliphatic carbocycles. The van der Waals surface area contributed by atoms with Crippen molar-refractivity contribution in [3.63, 3.8) is 0 Å². The maximum absolute atomic E-state index is 13.4. The van der Waals surface area contributed by atoms with Gasteiger partial charge < -0.3 is 30.8 Å². The Labute approximate surface area is 242 Å². The molecule has 1 atom stereocenters. The first-order valence-corrected chi connectivity index (χ1v) is 13.4. The minimum Gasteiger partial charge on any atom is -0.426 e. The number of H-pyrrole nitrogens is 1. The molecule has 2 aromatic rings. The summed E-state index contributed by atoms with van der Waals surface area (Å²) in [6, 6.07) is 4.43. The van der Waals surface area contributed by atoms with E-state index in [9.17, 15) is 24.0 Å². The second kappa shape index (κ2) is 14.6. The minimum atomic E-state index is -1.02. The molecule has 1 unspecified atom stereocenters. The van der Waals surface area contributed by atoms with E-state index >= 15 is 0 Å². The number of carbonyl (C=O) groups is 5. The van der Waals surface area contributed by atoms with E-state index < -0.39 is 30.8 Å². The molecule has 14 heteroatoms. The van der Waals surface area contributed by atoms with Crippen molar-refractivity contribution in [1.29, 1.82) is 0 Å². The van der Waals surface area contributed by atoms with Crippen molar-refractivity contribution < 1.29 is 33.4 Å². The molecule has 14 nitrogen and oxygen atoms in total. The van der Waals surface area contributed by atoms with Crippen molar-refractivity contribution in [3.05, 3.63) is 52.3 Å². The number of aliphatic imine (C=N–C) groups is 2. The fourth-order valence-corrected chi connectivity index (χ4v) is 3.81. The Hall–Kier alpha value is -5.01. The van der Waals surface area contributed by atoms with Crippen LogP contribution in [0.2, 0.25) is 0 Å². The van der Waals surface area contributed by atoms with Crippen LogP contribution in [0.1, 0.15) is 70.6 Å². The number of rotatable bonds is 12. The Morgan fingerprint density at radius 3 is 2.60 bits per heavy atom. The first-order chi connectivity index (χ1) is 20.1. The molecule has 3 rings (SSSR count). The highest BCUT2D eigenvalue weighted by atomic mass is 16.7. The maximum Gasteiger partial charge on any atom is 0.419 e. The lowest BCUT2D eigenvalue weighted by molar-refractivity contribution is -0.154. The smallest absolute Gasteiger partial charge is 0.419 e. The van der Waals surface area contributed by atoms with Crippen molar-refractivity contribution in [2.75, 3.05) is 13.3 Å². The van der Waals surface area contributed by atoms with E-state index in [-0.39, 0.29) is 29.9 Å². The third-order valence-corrected chi connectivity index (χ3v) is 6.37. The van der Waals surface area contributed by atoms with Gasteiger partial charge >= 0.3 is 12.1 Å². The molecule has 0 radical (unpaired) electrons. The summed E-state index contributed by atoms with van der Waals surface area (Å²) >= 11 is 0. The molecule has 1 aromatic heterocycles. The summed E-state index contributed by atoms with van der Waals surface area (Å²) in [5.41, 5.74) is 8.31. The van der Waals surface area contributed by atoms with Crippen LogP contribution < -0.4 is 16.4 Å². The summed E-state index contributed by atoms with van der Waals surface area (Å²) in [6.45, 7) is 5.96. The highest BCUT2D eigenvalue weighted by molar-refractivity contribution is 6.09. The Kier molecular flexibility index (Phi) is 10.9. The van der Waals surface area contributed by atoms with E-state index in [0.717, 1.165) is 29.6 Å². The van der Waals surface area contributed by atoms with Gasteiger partial charge in [0.2, 0.25) is 13.2 Å². The van der Waals surface area contributed by atoms with Crippen molar-refractivity contribution in [3.8, 4) is 0 Å². The number of aromatic amines is 1. The summed E-state index contributed by atoms with van der Waals surface area (Å²) in [7, 11) is 0. The van der Waals surface area contributed by atoms with Gasteiger partial charge in [-0.15, -0.1) is 0 Å². The number of amidine groups is 1. The van der Waals surface area contributed by atoms with Crippen molar-refractivity contribution in [2.24, 2.45) is 15.7 Å². The SMILES string of the molecule is CCCN(C(=O)OCOC(=O)C(C)NC=O)C(=O)c1c[nH]c(C(N=CN)=Nc2cc(C(=O)NC3CC3)ccc2C)c1C. The van der Waals surface area contributed by atoms with Crippen molar-refractivity contribution in [2.45, 2.75) is 59.0 Å². The third-order valence-electron chi connectivity index (χ3n) is 6.37. The predicted octanol–water partition coefficient (Wildman–Crippen LogP) is 2.21. The average molecular weight is 582 g/mol. The number of nitrogens with two attached hydrogens (primary N) is 1. The number of amides is 4. The lowest BCUT2D eigenvalue weighted by atomic mass is 10.1. The summed E-state index contributed by atoms with van der Waals surface area (Å²) in [5, 5.41) is 5.17. The molecule has 5 N–H and O–H groups in total. The molecule has 1 heterocycles. The van der Waals surface area contributed by atoms with Crippen LogP contribution in [0.5, 0.6) is 0 Å². The molecular weight excluding hydrogens is 546 g/mol. The number of carbonyl (C=O) groups excluding carboxylic acids is 5. The molecule has 42 heavy (non-hydrogen) atoms. The van der Waals surface area contributed by atoms with Gasteiger partial charge in [-0.1, -0.05) is 13.0 Å². The number of esters is 1. The van der Waals surface area contributed by atoms with Crippen LogP contribution >= 0.6 is 0 Å². The molecule has 1 saturated carbocycles. The Balaban J connectivity index is 1.82. The highest BCUT2D eigenvalue weighted by Crippen LogP contribution is 2.25. The van der Waals surface area contributed by atoms with Gasteiger partial charge in [-0.3, -0.25) is 14.4 Å². The van der Waals surface area contributed by atoms with E-state index in [0.29, 0.717) is 35.3 Å². The lowest BCUT2D eigenvalue weighted by Gasteiger charge is -2.20. The molecule has 224 valence electrons. The monoisotopic (exact) mass is 581 g/mol. The van der Waals surface area contributed by atoms with Gasteiger partial charge in [-0.2, -0.15) is 0 Å². The molecule has 0 aliphatic heterocycles. The average Bonchev–Trinajstić information content (AvgIpc) is 3.70. The van der Waals surface area contributed by atoms with Gasteiger partial charge in [0.15, 0.2) is 5.84 Å². The molecule has 0 spiro atoms. The molecular formula is C28H35N7O7. The number of aromatic nitrogens is 1. The van der Waals surface area contributed by atoms with E-state index in [4.69, 9.17) is 15.2 Å². The summed E-state index contributed by atoms with van der Waals surface area (Å²) in [4.78, 5) is 73.7. The Morgan fingerprint density at radius 1 is 1.21 bits per heavy atom. The standard InChI is InChI=1S/C28H35N7O7/c1-5-10-35(28(40)42-15-41-27(39)18(4)32-14-36)26(38)21-12-30-23(17(21)3)24(31-13-29)34-22-11-19(7-6-16(22)2)25(37)33-20-8-9-20/h6-7,11-14,18,20,30H,5,8-10,15H2,1-4H3,(H,32,36)(H,33,37)(H2,29,31,34). The fourth-order valence-electron chi connectivity index (χ4n) is 3.81. The molecule has 1 aromatic carbocycles. The van der Waals surface area contributed by atoms with E-state index in [1.807, 2.05) is 6.92 Å². The number of ether oxygens (including phenoxy) is 2. The second-order valence-electron chi connectivity index (χ2n) is 9.62. The molecule has 4 amide bonds. The second-order valence-corrected chi connectivity index (χ2v) is 9.62. The number of benzene rings is 1. The summed E-state index contributed by atoms with van der Waals surface area (Å²) in [5.74, 6) is -1.50. The van der Waals surface area contributed by atoms with E-state index in [1.54, 1.807) is 32.0 Å². The summed E-state index contributed by atoms with van der Waals surface area (Å²) in [6.07, 6.45) is 4.17.